The first-order chi connectivity index (χ1) is 10.0. The monoisotopic (exact) mass is 291 g/mol. The van der Waals surface area contributed by atoms with Crippen molar-refractivity contribution in [1.82, 2.24) is 0 Å². The molecule has 1 saturated carbocycles. The minimum Gasteiger partial charge on any atom is -0.493 e. The molecule has 2 N–H and O–H groups in total. The third-order valence-corrected chi connectivity index (χ3v) is 4.74. The Bertz CT molecular complexity index is 459. The van der Waals surface area contributed by atoms with Crippen molar-refractivity contribution in [2.75, 3.05) is 7.11 Å². The summed E-state index contributed by atoms with van der Waals surface area (Å²) in [5, 5.41) is 0. The molecule has 3 nitrogen and oxygen atoms in total. The molecule has 3 unspecified atom stereocenters. The second-order valence-corrected chi connectivity index (χ2v) is 6.48. The molecule has 0 radical (unpaired) electrons. The van der Waals surface area contributed by atoms with E-state index < -0.39 is 0 Å². The van der Waals surface area contributed by atoms with Crippen LogP contribution < -0.4 is 15.2 Å². The zero-order chi connectivity index (χ0) is 15.4. The van der Waals surface area contributed by atoms with Crippen LogP contribution in [0.25, 0.3) is 0 Å². The van der Waals surface area contributed by atoms with Crippen molar-refractivity contribution in [2.45, 2.75) is 58.6 Å². The van der Waals surface area contributed by atoms with E-state index >= 15 is 0 Å². The molecule has 0 aromatic heterocycles. The summed E-state index contributed by atoms with van der Waals surface area (Å²) in [6.45, 7) is 6.71. The maximum atomic E-state index is 6.27. The summed E-state index contributed by atoms with van der Waals surface area (Å²) in [7, 11) is 1.69. The molecule has 1 fully saturated rings. The lowest BCUT2D eigenvalue weighted by atomic mass is 9.78. The normalized spacial score (nSPS) is 25.9. The molecule has 2 rings (SSSR count). The maximum Gasteiger partial charge on any atom is 0.161 e. The van der Waals surface area contributed by atoms with Crippen LogP contribution in [-0.2, 0) is 6.42 Å². The molecule has 3 heteroatoms. The Balaban J connectivity index is 2.12. The molecule has 0 spiro atoms. The van der Waals surface area contributed by atoms with Crippen LogP contribution in [-0.4, -0.2) is 19.3 Å². The number of hydrogen-bond donors (Lipinski definition) is 1. The van der Waals surface area contributed by atoms with Gasteiger partial charge in [0.1, 0.15) is 6.10 Å². The van der Waals surface area contributed by atoms with Crippen molar-refractivity contribution < 1.29 is 9.47 Å². The van der Waals surface area contributed by atoms with Gasteiger partial charge in [-0.05, 0) is 55.2 Å². The van der Waals surface area contributed by atoms with E-state index in [-0.39, 0.29) is 12.1 Å². The Kier molecular flexibility index (Phi) is 5.51. The molecule has 0 heterocycles. The van der Waals surface area contributed by atoms with Gasteiger partial charge in [0.2, 0.25) is 0 Å². The zero-order valence-electron chi connectivity index (χ0n) is 13.8. The summed E-state index contributed by atoms with van der Waals surface area (Å²) < 4.78 is 11.7. The topological polar surface area (TPSA) is 44.5 Å². The van der Waals surface area contributed by atoms with E-state index in [4.69, 9.17) is 15.2 Å². The quantitative estimate of drug-likeness (QED) is 0.897. The molecule has 1 aliphatic carbocycles. The second kappa shape index (κ2) is 7.17. The van der Waals surface area contributed by atoms with Crippen molar-refractivity contribution in [1.29, 1.82) is 0 Å². The molecule has 0 saturated heterocycles. The minimum atomic E-state index is 0.0903. The zero-order valence-corrected chi connectivity index (χ0v) is 13.8. The molecule has 118 valence electrons. The predicted molar refractivity (Wildman–Crippen MR) is 86.9 cm³/mol. The first-order valence-corrected chi connectivity index (χ1v) is 8.14. The summed E-state index contributed by atoms with van der Waals surface area (Å²) in [5.74, 6) is 3.02. The Labute approximate surface area is 128 Å². The van der Waals surface area contributed by atoms with Crippen molar-refractivity contribution in [3.05, 3.63) is 23.8 Å². The largest absolute Gasteiger partial charge is 0.493 e. The summed E-state index contributed by atoms with van der Waals surface area (Å²) in [6.07, 6.45) is 4.38. The molecule has 1 aromatic rings. The Morgan fingerprint density at radius 2 is 2.00 bits per heavy atom. The molecule has 0 amide bonds. The molecular formula is C18H29NO2. The van der Waals surface area contributed by atoms with Crippen LogP contribution in [0.1, 0.15) is 45.6 Å². The third-order valence-electron chi connectivity index (χ3n) is 4.74. The highest BCUT2D eigenvalue weighted by Gasteiger charge is 2.31. The van der Waals surface area contributed by atoms with Gasteiger partial charge < -0.3 is 15.2 Å². The van der Waals surface area contributed by atoms with Gasteiger partial charge in [-0.15, -0.1) is 0 Å². The van der Waals surface area contributed by atoms with E-state index in [1.165, 1.54) is 12.0 Å². The molecule has 0 bridgehead atoms. The van der Waals surface area contributed by atoms with E-state index in [0.717, 1.165) is 30.8 Å². The standard InChI is InChI=1S/C18H29NO2/c1-5-13-6-9-16(18(10-13)20-4)21-17-11-14(12(2)3)7-8-15(17)19/h6,9-10,12,14-15,17H,5,7-8,11,19H2,1-4H3. The van der Waals surface area contributed by atoms with Crippen molar-refractivity contribution in [3.63, 3.8) is 0 Å². The molecule has 1 aliphatic rings. The maximum absolute atomic E-state index is 6.27. The number of ether oxygens (including phenoxy) is 2. The fraction of sp³-hybridized carbons (Fsp3) is 0.667. The van der Waals surface area contributed by atoms with Crippen LogP contribution in [0.3, 0.4) is 0 Å². The van der Waals surface area contributed by atoms with Crippen molar-refractivity contribution in [2.24, 2.45) is 17.6 Å². The van der Waals surface area contributed by atoms with Gasteiger partial charge in [-0.2, -0.15) is 0 Å². The van der Waals surface area contributed by atoms with Crippen LogP contribution in [0.5, 0.6) is 11.5 Å². The van der Waals surface area contributed by atoms with Gasteiger partial charge in [0, 0.05) is 6.04 Å². The molecule has 21 heavy (non-hydrogen) atoms. The Hall–Kier alpha value is -1.22. The van der Waals surface area contributed by atoms with Crippen LogP contribution in [0.4, 0.5) is 0 Å². The second-order valence-electron chi connectivity index (χ2n) is 6.48. The SMILES string of the molecule is CCc1ccc(OC2CC(C(C)C)CCC2N)c(OC)c1. The first kappa shape index (κ1) is 16.2. The van der Waals surface area contributed by atoms with Gasteiger partial charge >= 0.3 is 0 Å². The number of nitrogens with two attached hydrogens (primary N) is 1. The lowest BCUT2D eigenvalue weighted by Crippen LogP contribution is -2.44. The molecule has 1 aromatic carbocycles. The smallest absolute Gasteiger partial charge is 0.161 e. The van der Waals surface area contributed by atoms with Crippen LogP contribution in [0.2, 0.25) is 0 Å². The van der Waals surface area contributed by atoms with Crippen LogP contribution in [0, 0.1) is 11.8 Å². The summed E-state index contributed by atoms with van der Waals surface area (Å²) >= 11 is 0. The summed E-state index contributed by atoms with van der Waals surface area (Å²) in [6, 6.07) is 6.30. The molecule has 3 atom stereocenters. The van der Waals surface area contributed by atoms with E-state index in [0.29, 0.717) is 11.8 Å². The average Bonchev–Trinajstić information content (AvgIpc) is 2.49. The van der Waals surface area contributed by atoms with E-state index in [1.807, 2.05) is 6.07 Å². The van der Waals surface area contributed by atoms with Gasteiger partial charge in [-0.3, -0.25) is 0 Å². The van der Waals surface area contributed by atoms with Crippen LogP contribution in [0.15, 0.2) is 18.2 Å². The van der Waals surface area contributed by atoms with Crippen LogP contribution >= 0.6 is 0 Å². The number of rotatable bonds is 5. The van der Waals surface area contributed by atoms with Crippen molar-refractivity contribution >= 4 is 0 Å². The highest BCUT2D eigenvalue weighted by Crippen LogP contribution is 2.35. The fourth-order valence-corrected chi connectivity index (χ4v) is 3.12. The Morgan fingerprint density at radius 3 is 2.62 bits per heavy atom. The highest BCUT2D eigenvalue weighted by atomic mass is 16.5. The van der Waals surface area contributed by atoms with E-state index in [9.17, 15) is 0 Å². The molecular weight excluding hydrogens is 262 g/mol. The lowest BCUT2D eigenvalue weighted by Gasteiger charge is -2.36. The summed E-state index contributed by atoms with van der Waals surface area (Å²) in [5.41, 5.74) is 7.53. The highest BCUT2D eigenvalue weighted by molar-refractivity contribution is 5.43. The van der Waals surface area contributed by atoms with Gasteiger partial charge in [0.15, 0.2) is 11.5 Å². The van der Waals surface area contributed by atoms with Gasteiger partial charge in [0.25, 0.3) is 0 Å². The van der Waals surface area contributed by atoms with Gasteiger partial charge in [0.05, 0.1) is 7.11 Å². The average molecular weight is 291 g/mol. The number of methoxy groups -OCH3 is 1. The van der Waals surface area contributed by atoms with Gasteiger partial charge in [-0.25, -0.2) is 0 Å². The first-order valence-electron chi connectivity index (χ1n) is 8.14. The van der Waals surface area contributed by atoms with Gasteiger partial charge in [-0.1, -0.05) is 26.8 Å². The summed E-state index contributed by atoms with van der Waals surface area (Å²) in [4.78, 5) is 0. The number of benzene rings is 1. The molecule has 0 aliphatic heterocycles. The predicted octanol–water partition coefficient (Wildman–Crippen LogP) is 3.79. The van der Waals surface area contributed by atoms with E-state index in [1.54, 1.807) is 7.11 Å². The third kappa shape index (κ3) is 3.91. The Morgan fingerprint density at radius 1 is 1.24 bits per heavy atom. The van der Waals surface area contributed by atoms with Crippen molar-refractivity contribution in [3.8, 4) is 11.5 Å². The minimum absolute atomic E-state index is 0.0903. The van der Waals surface area contributed by atoms with E-state index in [2.05, 4.69) is 32.9 Å². The number of hydrogen-bond acceptors (Lipinski definition) is 3. The lowest BCUT2D eigenvalue weighted by molar-refractivity contribution is 0.0841. The number of aryl methyl sites for hydroxylation is 1. The fourth-order valence-electron chi connectivity index (χ4n) is 3.12.